The van der Waals surface area contributed by atoms with E-state index in [1.54, 1.807) is 0 Å². The topological polar surface area (TPSA) is 0 Å². The van der Waals surface area contributed by atoms with Crippen LogP contribution in [0.5, 0.6) is 0 Å². The highest BCUT2D eigenvalue weighted by Gasteiger charge is 2.06. The molecule has 0 bridgehead atoms. The van der Waals surface area contributed by atoms with Crippen LogP contribution in [0.4, 0.5) is 0 Å². The molecule has 27 heavy (non-hydrogen) atoms. The third kappa shape index (κ3) is 22.2. The van der Waals surface area contributed by atoms with Crippen molar-refractivity contribution in [3.05, 3.63) is 6.92 Å². The van der Waals surface area contributed by atoms with Crippen LogP contribution in [0.2, 0.25) is 0 Å². The summed E-state index contributed by atoms with van der Waals surface area (Å²) in [6.07, 6.45) is 33.1. The first-order valence-corrected chi connectivity index (χ1v) is 13.1. The Morgan fingerprint density at radius 1 is 0.407 bits per heavy atom. The highest BCUT2D eigenvalue weighted by atomic mass is 14.1. The molecule has 0 heterocycles. The van der Waals surface area contributed by atoms with Crippen LogP contribution in [0.1, 0.15) is 162 Å². The molecule has 0 N–H and O–H groups in total. The molecule has 0 aliphatic heterocycles. The maximum absolute atomic E-state index is 4.21. The number of rotatable bonds is 23. The van der Waals surface area contributed by atoms with E-state index in [-0.39, 0.29) is 0 Å². The van der Waals surface area contributed by atoms with E-state index in [0.29, 0.717) is 0 Å². The molecule has 0 amide bonds. The summed E-state index contributed by atoms with van der Waals surface area (Å²) >= 11 is 0. The second kappa shape index (κ2) is 24.0. The Balaban J connectivity index is 3.28. The van der Waals surface area contributed by atoms with Crippen molar-refractivity contribution in [2.45, 2.75) is 162 Å². The molecule has 0 spiro atoms. The van der Waals surface area contributed by atoms with Crippen LogP contribution in [0.3, 0.4) is 0 Å². The smallest absolute Gasteiger partial charge is 0.0414 e. The van der Waals surface area contributed by atoms with E-state index < -0.39 is 0 Å². The Labute approximate surface area is 174 Å². The lowest BCUT2D eigenvalue weighted by atomic mass is 9.92. The minimum Gasteiger partial charge on any atom is -0.0654 e. The van der Waals surface area contributed by atoms with Crippen LogP contribution in [0, 0.1) is 12.8 Å². The van der Waals surface area contributed by atoms with Gasteiger partial charge in [-0.1, -0.05) is 168 Å². The zero-order valence-electron chi connectivity index (χ0n) is 19.5. The van der Waals surface area contributed by atoms with Crippen molar-refractivity contribution in [2.75, 3.05) is 0 Å². The lowest BCUT2D eigenvalue weighted by molar-refractivity contribution is 0.404. The molecule has 0 saturated heterocycles. The molecule has 1 radical (unpaired) electrons. The summed E-state index contributed by atoms with van der Waals surface area (Å²) in [5.41, 5.74) is 0. The highest BCUT2D eigenvalue weighted by Crippen LogP contribution is 2.22. The zero-order valence-corrected chi connectivity index (χ0v) is 19.5. The van der Waals surface area contributed by atoms with E-state index in [0.717, 1.165) is 12.3 Å². The fourth-order valence-corrected chi connectivity index (χ4v) is 4.27. The van der Waals surface area contributed by atoms with Gasteiger partial charge in [-0.15, -0.1) is 0 Å². The molecule has 0 aliphatic rings. The molecular weight excluding hydrogens is 324 g/mol. The van der Waals surface area contributed by atoms with Crippen molar-refractivity contribution in [3.63, 3.8) is 0 Å². The first-order valence-electron chi connectivity index (χ1n) is 13.1. The highest BCUT2D eigenvalue weighted by molar-refractivity contribution is 4.62. The van der Waals surface area contributed by atoms with Gasteiger partial charge in [-0.25, -0.2) is 0 Å². The van der Waals surface area contributed by atoms with Crippen LogP contribution in [0.15, 0.2) is 0 Å². The maximum atomic E-state index is 4.21. The van der Waals surface area contributed by atoms with E-state index in [4.69, 9.17) is 0 Å². The fraction of sp³-hybridized carbons (Fsp3) is 0.963. The van der Waals surface area contributed by atoms with Crippen LogP contribution in [-0.2, 0) is 0 Å². The maximum Gasteiger partial charge on any atom is -0.0414 e. The van der Waals surface area contributed by atoms with Crippen molar-refractivity contribution in [3.8, 4) is 0 Å². The summed E-state index contributed by atoms with van der Waals surface area (Å²) in [4.78, 5) is 0. The third-order valence-corrected chi connectivity index (χ3v) is 6.34. The molecule has 0 aromatic heterocycles. The van der Waals surface area contributed by atoms with Crippen LogP contribution in [0.25, 0.3) is 0 Å². The average molecular weight is 380 g/mol. The molecule has 0 saturated carbocycles. The molecule has 163 valence electrons. The van der Waals surface area contributed by atoms with Gasteiger partial charge < -0.3 is 0 Å². The normalized spacial score (nSPS) is 11.6. The Bertz CT molecular complexity index is 220. The van der Waals surface area contributed by atoms with Gasteiger partial charge in [-0.05, 0) is 5.92 Å². The molecule has 0 atom stereocenters. The van der Waals surface area contributed by atoms with Crippen molar-refractivity contribution < 1.29 is 0 Å². The van der Waals surface area contributed by atoms with Gasteiger partial charge >= 0.3 is 0 Å². The molecule has 0 unspecified atom stereocenters. The monoisotopic (exact) mass is 379 g/mol. The summed E-state index contributed by atoms with van der Waals surface area (Å²) in [6, 6.07) is 0. The van der Waals surface area contributed by atoms with Gasteiger partial charge in [0.05, 0.1) is 0 Å². The molecule has 0 fully saturated rings. The first-order chi connectivity index (χ1) is 13.3. The van der Waals surface area contributed by atoms with E-state index in [2.05, 4.69) is 20.8 Å². The van der Waals surface area contributed by atoms with E-state index in [9.17, 15) is 0 Å². The van der Waals surface area contributed by atoms with Gasteiger partial charge in [0.1, 0.15) is 0 Å². The minimum absolute atomic E-state index is 0.910. The van der Waals surface area contributed by atoms with Crippen molar-refractivity contribution in [2.24, 2.45) is 5.92 Å². The van der Waals surface area contributed by atoms with Crippen LogP contribution >= 0.6 is 0 Å². The molecule has 0 aromatic rings. The lowest BCUT2D eigenvalue weighted by Gasteiger charge is -2.14. The Morgan fingerprint density at radius 2 is 0.667 bits per heavy atom. The molecular formula is C27H55. The summed E-state index contributed by atoms with van der Waals surface area (Å²) in [5.74, 6) is 0.910. The van der Waals surface area contributed by atoms with Gasteiger partial charge in [0, 0.05) is 0 Å². The van der Waals surface area contributed by atoms with Gasteiger partial charge in [0.2, 0.25) is 0 Å². The lowest BCUT2D eigenvalue weighted by Crippen LogP contribution is -1.99. The summed E-state index contributed by atoms with van der Waals surface area (Å²) in [5, 5.41) is 0. The Kier molecular flexibility index (Phi) is 24.0. The van der Waals surface area contributed by atoms with Gasteiger partial charge in [0.15, 0.2) is 0 Å². The third-order valence-electron chi connectivity index (χ3n) is 6.34. The second-order valence-electron chi connectivity index (χ2n) is 9.10. The molecule has 0 aromatic carbocycles. The van der Waals surface area contributed by atoms with E-state index in [1.165, 1.54) is 141 Å². The fourth-order valence-electron chi connectivity index (χ4n) is 4.27. The second-order valence-corrected chi connectivity index (χ2v) is 9.10. The van der Waals surface area contributed by atoms with Crippen molar-refractivity contribution in [1.82, 2.24) is 0 Å². The van der Waals surface area contributed by atoms with E-state index in [1.807, 2.05) is 0 Å². The molecule has 0 rings (SSSR count). The number of hydrogen-bond acceptors (Lipinski definition) is 0. The quantitative estimate of drug-likeness (QED) is 0.155. The summed E-state index contributed by atoms with van der Waals surface area (Å²) < 4.78 is 0. The predicted octanol–water partition coefficient (Wildman–Crippen LogP) is 10.4. The van der Waals surface area contributed by atoms with Gasteiger partial charge in [0.25, 0.3) is 0 Å². The molecule has 0 nitrogen and oxygen atoms in total. The molecule has 0 heteroatoms. The van der Waals surface area contributed by atoms with Gasteiger partial charge in [-0.3, -0.25) is 0 Å². The zero-order chi connectivity index (χ0) is 19.8. The summed E-state index contributed by atoms with van der Waals surface area (Å²) in [7, 11) is 0. The van der Waals surface area contributed by atoms with Crippen LogP contribution < -0.4 is 0 Å². The van der Waals surface area contributed by atoms with Gasteiger partial charge in [-0.2, -0.15) is 0 Å². The van der Waals surface area contributed by atoms with Crippen LogP contribution in [-0.4, -0.2) is 0 Å². The predicted molar refractivity (Wildman–Crippen MR) is 126 cm³/mol. The Morgan fingerprint density at radius 3 is 0.926 bits per heavy atom. The number of hydrogen-bond donors (Lipinski definition) is 0. The minimum atomic E-state index is 0.910. The Hall–Kier alpha value is 0. The first kappa shape index (κ1) is 27.0. The molecule has 0 aliphatic carbocycles. The largest absolute Gasteiger partial charge is 0.0654 e. The van der Waals surface area contributed by atoms with Crippen molar-refractivity contribution >= 4 is 0 Å². The van der Waals surface area contributed by atoms with Crippen molar-refractivity contribution in [1.29, 1.82) is 0 Å². The summed E-state index contributed by atoms with van der Waals surface area (Å²) in [6.45, 7) is 8.82. The SMILES string of the molecule is [CH2]CC(CCCCCCCCCCCC)CCCCCCCCCCCC. The average Bonchev–Trinajstić information content (AvgIpc) is 2.69. The standard InChI is InChI=1S/C27H55/c1-4-7-9-11-13-15-17-19-21-23-25-27(6-3)26-24-22-20-18-16-14-12-10-8-5-2/h27H,3-26H2,1-2H3. The number of unbranched alkanes of at least 4 members (excludes halogenated alkanes) is 18. The van der Waals surface area contributed by atoms with E-state index >= 15 is 0 Å².